The Hall–Kier alpha value is -3.98. The highest BCUT2D eigenvalue weighted by atomic mass is 16.2. The van der Waals surface area contributed by atoms with Crippen LogP contribution in [0.25, 0.3) is 0 Å². The molecule has 2 aliphatic rings. The van der Waals surface area contributed by atoms with Crippen molar-refractivity contribution < 1.29 is 9.59 Å². The van der Waals surface area contributed by atoms with Crippen molar-refractivity contribution in [3.63, 3.8) is 0 Å². The van der Waals surface area contributed by atoms with E-state index in [2.05, 4.69) is 0 Å². The second kappa shape index (κ2) is 7.93. The van der Waals surface area contributed by atoms with Crippen LogP contribution in [-0.4, -0.2) is 11.7 Å². The van der Waals surface area contributed by atoms with E-state index in [1.807, 2.05) is 110 Å². The quantitative estimate of drug-likeness (QED) is 0.398. The lowest BCUT2D eigenvalue weighted by Gasteiger charge is -2.30. The van der Waals surface area contributed by atoms with Gasteiger partial charge in [-0.1, -0.05) is 103 Å². The highest BCUT2D eigenvalue weighted by Crippen LogP contribution is 2.51. The third kappa shape index (κ3) is 2.97. The van der Waals surface area contributed by atoms with Gasteiger partial charge >= 0.3 is 0 Å². The van der Waals surface area contributed by atoms with Crippen molar-refractivity contribution in [1.29, 1.82) is 0 Å². The fourth-order valence-electron chi connectivity index (χ4n) is 4.75. The van der Waals surface area contributed by atoms with Crippen LogP contribution >= 0.6 is 0 Å². The molecule has 3 nitrogen and oxygen atoms in total. The van der Waals surface area contributed by atoms with Gasteiger partial charge < -0.3 is 0 Å². The number of hydrogen-bond donors (Lipinski definition) is 0. The van der Waals surface area contributed by atoms with Gasteiger partial charge in [0.05, 0.1) is 0 Å². The van der Waals surface area contributed by atoms with E-state index >= 15 is 0 Å². The first-order valence-electron chi connectivity index (χ1n) is 10.8. The van der Waals surface area contributed by atoms with Gasteiger partial charge in [-0.2, -0.15) is 0 Å². The molecule has 0 saturated carbocycles. The van der Waals surface area contributed by atoms with Crippen molar-refractivity contribution >= 4 is 17.4 Å². The number of amides is 1. The zero-order valence-corrected chi connectivity index (χ0v) is 17.8. The Kier molecular flexibility index (Phi) is 4.95. The zero-order chi connectivity index (χ0) is 22.1. The molecule has 1 aliphatic heterocycles. The lowest BCUT2D eigenvalue weighted by atomic mass is 9.66. The standard InChI is InChI=1S/C29H23NO2/c1-21-17-19-24(20-18-21)30-26-16-10-4-9-15-25(26)29(28(30)32,23-13-7-3-8-14-23)27(31)22-11-5-2-6-12-22/h2-20,25H,1H3. The number of Topliss-reactive ketones (excluding diaryl/α,β-unsaturated/α-hetero) is 1. The van der Waals surface area contributed by atoms with Gasteiger partial charge in [-0.05, 0) is 30.7 Å². The van der Waals surface area contributed by atoms with Crippen LogP contribution in [-0.2, 0) is 10.2 Å². The first kappa shape index (κ1) is 20.0. The van der Waals surface area contributed by atoms with Gasteiger partial charge in [0.15, 0.2) is 5.78 Å². The Balaban J connectivity index is 1.80. The van der Waals surface area contributed by atoms with E-state index in [-0.39, 0.29) is 11.7 Å². The van der Waals surface area contributed by atoms with Crippen LogP contribution in [0.1, 0.15) is 21.5 Å². The molecule has 3 aromatic rings. The number of hydrogen-bond acceptors (Lipinski definition) is 2. The fraction of sp³-hybridized carbons (Fsp3) is 0.103. The monoisotopic (exact) mass is 417 g/mol. The number of ketones is 1. The number of rotatable bonds is 4. The number of carbonyl (C=O) groups is 2. The van der Waals surface area contributed by atoms with E-state index in [9.17, 15) is 9.59 Å². The highest BCUT2D eigenvalue weighted by molar-refractivity contribution is 6.26. The Labute approximate surface area is 188 Å². The average Bonchev–Trinajstić information content (AvgIpc) is 2.96. The Morgan fingerprint density at radius 3 is 2.16 bits per heavy atom. The van der Waals surface area contributed by atoms with Crippen LogP contribution in [0.4, 0.5) is 5.69 Å². The molecule has 32 heavy (non-hydrogen) atoms. The summed E-state index contributed by atoms with van der Waals surface area (Å²) in [5, 5.41) is 0. The Morgan fingerprint density at radius 2 is 1.47 bits per heavy atom. The van der Waals surface area contributed by atoms with Crippen molar-refractivity contribution in [2.75, 3.05) is 4.90 Å². The second-order valence-corrected chi connectivity index (χ2v) is 8.18. The molecule has 0 bridgehead atoms. The van der Waals surface area contributed by atoms with E-state index < -0.39 is 11.3 Å². The molecule has 1 saturated heterocycles. The maximum Gasteiger partial charge on any atom is 0.250 e. The SMILES string of the molecule is Cc1ccc(N2C(=O)C(C(=O)c3ccccc3)(c3ccccc3)C3C=CC=CC=C32)cc1. The predicted molar refractivity (Wildman–Crippen MR) is 127 cm³/mol. The maximum absolute atomic E-state index is 14.4. The van der Waals surface area contributed by atoms with Gasteiger partial charge in [-0.25, -0.2) is 0 Å². The topological polar surface area (TPSA) is 37.4 Å². The number of aryl methyl sites for hydroxylation is 1. The van der Waals surface area contributed by atoms with Crippen molar-refractivity contribution in [2.45, 2.75) is 12.3 Å². The third-order valence-corrected chi connectivity index (χ3v) is 6.29. The molecule has 1 aliphatic carbocycles. The minimum absolute atomic E-state index is 0.189. The number of benzene rings is 3. The lowest BCUT2D eigenvalue weighted by Crippen LogP contribution is -2.47. The summed E-state index contributed by atoms with van der Waals surface area (Å²) in [5.74, 6) is -0.842. The van der Waals surface area contributed by atoms with Gasteiger partial charge in [0.25, 0.3) is 5.91 Å². The summed E-state index contributed by atoms with van der Waals surface area (Å²) in [6.07, 6.45) is 9.72. The van der Waals surface area contributed by atoms with Crippen LogP contribution < -0.4 is 4.90 Å². The molecule has 3 heteroatoms. The maximum atomic E-state index is 14.4. The molecule has 1 amide bonds. The van der Waals surface area contributed by atoms with Crippen LogP contribution in [0.15, 0.2) is 121 Å². The minimum Gasteiger partial charge on any atom is -0.293 e. The molecule has 0 N–H and O–H groups in total. The number of anilines is 1. The molecule has 3 aromatic carbocycles. The van der Waals surface area contributed by atoms with E-state index in [4.69, 9.17) is 0 Å². The molecule has 2 unspecified atom stereocenters. The smallest absolute Gasteiger partial charge is 0.250 e. The van der Waals surface area contributed by atoms with E-state index in [1.54, 1.807) is 17.0 Å². The predicted octanol–water partition coefficient (Wildman–Crippen LogP) is 5.79. The molecule has 5 rings (SSSR count). The number of carbonyl (C=O) groups excluding carboxylic acids is 2. The first-order chi connectivity index (χ1) is 15.6. The molecule has 0 spiro atoms. The minimum atomic E-state index is -1.39. The van der Waals surface area contributed by atoms with Crippen molar-refractivity contribution in [1.82, 2.24) is 0 Å². The van der Waals surface area contributed by atoms with Gasteiger partial charge in [0.2, 0.25) is 0 Å². The highest BCUT2D eigenvalue weighted by Gasteiger charge is 2.62. The molecule has 1 heterocycles. The van der Waals surface area contributed by atoms with E-state index in [0.717, 1.165) is 16.9 Å². The van der Waals surface area contributed by atoms with Gasteiger partial charge in [0.1, 0.15) is 5.41 Å². The van der Waals surface area contributed by atoms with Gasteiger partial charge in [-0.3, -0.25) is 14.5 Å². The molecule has 0 radical (unpaired) electrons. The number of allylic oxidation sites excluding steroid dienone is 5. The summed E-state index contributed by atoms with van der Waals surface area (Å²) >= 11 is 0. The largest absolute Gasteiger partial charge is 0.293 e. The van der Waals surface area contributed by atoms with Gasteiger partial charge in [0, 0.05) is 22.9 Å². The zero-order valence-electron chi connectivity index (χ0n) is 17.8. The van der Waals surface area contributed by atoms with Crippen LogP contribution in [0.5, 0.6) is 0 Å². The molecular weight excluding hydrogens is 394 g/mol. The number of nitrogens with zero attached hydrogens (tertiary/aromatic N) is 1. The second-order valence-electron chi connectivity index (χ2n) is 8.18. The lowest BCUT2D eigenvalue weighted by molar-refractivity contribution is -0.120. The average molecular weight is 418 g/mol. The fourth-order valence-corrected chi connectivity index (χ4v) is 4.75. The van der Waals surface area contributed by atoms with E-state index in [0.29, 0.717) is 11.1 Å². The van der Waals surface area contributed by atoms with E-state index in [1.165, 1.54) is 0 Å². The first-order valence-corrected chi connectivity index (χ1v) is 10.8. The summed E-state index contributed by atoms with van der Waals surface area (Å²) in [4.78, 5) is 30.4. The molecule has 0 aromatic heterocycles. The van der Waals surface area contributed by atoms with Crippen molar-refractivity contribution in [3.8, 4) is 0 Å². The number of fused-ring (bicyclic) bond motifs is 1. The van der Waals surface area contributed by atoms with Gasteiger partial charge in [-0.15, -0.1) is 0 Å². The summed E-state index contributed by atoms with van der Waals surface area (Å²) in [7, 11) is 0. The molecule has 2 atom stereocenters. The molecule has 1 fully saturated rings. The van der Waals surface area contributed by atoms with Crippen molar-refractivity contribution in [2.24, 2.45) is 5.92 Å². The molecular formula is C29H23NO2. The van der Waals surface area contributed by atoms with Crippen LogP contribution in [0.2, 0.25) is 0 Å². The van der Waals surface area contributed by atoms with Crippen LogP contribution in [0.3, 0.4) is 0 Å². The summed E-state index contributed by atoms with van der Waals surface area (Å²) in [6.45, 7) is 2.02. The summed E-state index contributed by atoms with van der Waals surface area (Å²) < 4.78 is 0. The summed E-state index contributed by atoms with van der Waals surface area (Å²) in [5.41, 5.74) is 2.52. The normalized spacial score (nSPS) is 21.8. The summed E-state index contributed by atoms with van der Waals surface area (Å²) in [6, 6.07) is 26.5. The Bertz CT molecular complexity index is 1250. The Morgan fingerprint density at radius 1 is 0.812 bits per heavy atom. The third-order valence-electron chi connectivity index (χ3n) is 6.29. The molecule has 156 valence electrons. The van der Waals surface area contributed by atoms with Crippen LogP contribution in [0, 0.1) is 12.8 Å². The van der Waals surface area contributed by atoms with Crippen molar-refractivity contribution in [3.05, 3.63) is 138 Å².